The summed E-state index contributed by atoms with van der Waals surface area (Å²) in [5.74, 6) is -0.306. The molecule has 3 nitrogen and oxygen atoms in total. The first-order valence-corrected chi connectivity index (χ1v) is 7.96. The monoisotopic (exact) mass is 335 g/mol. The average molecular weight is 335 g/mol. The molecular weight excluding hydrogens is 317 g/mol. The number of anilines is 1. The number of carbonyl (C=O) groups excluding carboxylic acids is 1. The first kappa shape index (κ1) is 16.7. The van der Waals surface area contributed by atoms with Crippen LogP contribution >= 0.6 is 0 Å². The van der Waals surface area contributed by atoms with Gasteiger partial charge in [0.25, 0.3) is 5.91 Å². The third kappa shape index (κ3) is 4.44. The summed E-state index contributed by atoms with van der Waals surface area (Å²) in [4.78, 5) is 12.2. The van der Waals surface area contributed by atoms with Crippen LogP contribution in [0.4, 0.5) is 10.1 Å². The number of rotatable bonds is 5. The van der Waals surface area contributed by atoms with Gasteiger partial charge in [-0.15, -0.1) is 0 Å². The molecule has 3 rings (SSSR count). The van der Waals surface area contributed by atoms with Gasteiger partial charge < -0.3 is 10.1 Å². The predicted molar refractivity (Wildman–Crippen MR) is 96.3 cm³/mol. The maximum atomic E-state index is 13.8. The van der Waals surface area contributed by atoms with E-state index in [-0.39, 0.29) is 5.56 Å². The molecular formula is C21H18FNO2. The fraction of sp³-hybridized carbons (Fsp3) is 0.0952. The Morgan fingerprint density at radius 2 is 1.72 bits per heavy atom. The van der Waals surface area contributed by atoms with E-state index >= 15 is 0 Å². The molecule has 0 aromatic heterocycles. The molecule has 0 saturated carbocycles. The van der Waals surface area contributed by atoms with Crippen LogP contribution in [0.2, 0.25) is 0 Å². The van der Waals surface area contributed by atoms with Gasteiger partial charge in [-0.25, -0.2) is 4.39 Å². The van der Waals surface area contributed by atoms with Crippen LogP contribution in [-0.4, -0.2) is 5.91 Å². The summed E-state index contributed by atoms with van der Waals surface area (Å²) in [6, 6.07) is 21.4. The molecule has 0 aliphatic carbocycles. The smallest absolute Gasteiger partial charge is 0.258 e. The van der Waals surface area contributed by atoms with E-state index in [1.807, 2.05) is 30.3 Å². The third-order valence-electron chi connectivity index (χ3n) is 3.73. The molecule has 1 N–H and O–H groups in total. The Morgan fingerprint density at radius 3 is 2.40 bits per heavy atom. The Bertz CT molecular complexity index is 861. The summed E-state index contributed by atoms with van der Waals surface area (Å²) < 4.78 is 19.5. The van der Waals surface area contributed by atoms with Gasteiger partial charge in [0, 0.05) is 5.69 Å². The normalized spacial score (nSPS) is 10.3. The molecule has 0 spiro atoms. The summed E-state index contributed by atoms with van der Waals surface area (Å²) in [6.45, 7) is 2.25. The number of benzene rings is 3. The average Bonchev–Trinajstić information content (AvgIpc) is 2.62. The molecule has 3 aromatic rings. The van der Waals surface area contributed by atoms with E-state index in [4.69, 9.17) is 4.74 Å². The first-order valence-electron chi connectivity index (χ1n) is 7.96. The van der Waals surface area contributed by atoms with Crippen LogP contribution in [0.1, 0.15) is 21.5 Å². The second-order valence-electron chi connectivity index (χ2n) is 5.74. The minimum absolute atomic E-state index is 0.0232. The van der Waals surface area contributed by atoms with Gasteiger partial charge in [-0.05, 0) is 54.4 Å². The second kappa shape index (κ2) is 7.62. The van der Waals surface area contributed by atoms with E-state index in [0.29, 0.717) is 18.0 Å². The summed E-state index contributed by atoms with van der Waals surface area (Å²) >= 11 is 0. The van der Waals surface area contributed by atoms with E-state index in [9.17, 15) is 9.18 Å². The Balaban J connectivity index is 1.61. The molecule has 25 heavy (non-hydrogen) atoms. The number of ether oxygens (including phenoxy) is 1. The van der Waals surface area contributed by atoms with E-state index in [2.05, 4.69) is 5.32 Å². The van der Waals surface area contributed by atoms with E-state index in [1.165, 1.54) is 12.1 Å². The zero-order chi connectivity index (χ0) is 17.6. The lowest BCUT2D eigenvalue weighted by atomic mass is 10.1. The van der Waals surface area contributed by atoms with Gasteiger partial charge in [0.15, 0.2) is 0 Å². The standard InChI is InChI=1S/C21H18FNO2/c1-15-7-12-19(20(22)13-15)21(24)23-17-8-10-18(11-9-17)25-14-16-5-3-2-4-6-16/h2-13H,14H2,1H3,(H,23,24). The summed E-state index contributed by atoms with van der Waals surface area (Å²) in [5, 5.41) is 2.69. The fourth-order valence-electron chi connectivity index (χ4n) is 2.38. The van der Waals surface area contributed by atoms with Crippen LogP contribution in [-0.2, 0) is 6.61 Å². The fourth-order valence-corrected chi connectivity index (χ4v) is 2.38. The van der Waals surface area contributed by atoms with Crippen molar-refractivity contribution in [1.29, 1.82) is 0 Å². The Labute approximate surface area is 146 Å². The van der Waals surface area contributed by atoms with Crippen LogP contribution in [0, 0.1) is 12.7 Å². The van der Waals surface area contributed by atoms with Crippen molar-refractivity contribution in [2.45, 2.75) is 13.5 Å². The number of nitrogens with one attached hydrogen (secondary N) is 1. The number of hydrogen-bond acceptors (Lipinski definition) is 2. The molecule has 0 aliphatic heterocycles. The van der Waals surface area contributed by atoms with Crippen molar-refractivity contribution in [1.82, 2.24) is 0 Å². The minimum atomic E-state index is -0.527. The number of amides is 1. The van der Waals surface area contributed by atoms with Crippen molar-refractivity contribution in [3.8, 4) is 5.75 Å². The quantitative estimate of drug-likeness (QED) is 0.715. The SMILES string of the molecule is Cc1ccc(C(=O)Nc2ccc(OCc3ccccc3)cc2)c(F)c1. The molecule has 3 aromatic carbocycles. The summed E-state index contributed by atoms with van der Waals surface area (Å²) in [5.41, 5.74) is 2.45. The third-order valence-corrected chi connectivity index (χ3v) is 3.73. The van der Waals surface area contributed by atoms with E-state index in [1.54, 1.807) is 37.3 Å². The van der Waals surface area contributed by atoms with Crippen molar-refractivity contribution in [3.05, 3.63) is 95.3 Å². The van der Waals surface area contributed by atoms with Gasteiger partial charge in [-0.2, -0.15) is 0 Å². The van der Waals surface area contributed by atoms with Crippen molar-refractivity contribution < 1.29 is 13.9 Å². The predicted octanol–water partition coefficient (Wildman–Crippen LogP) is 4.97. The lowest BCUT2D eigenvalue weighted by Crippen LogP contribution is -2.13. The van der Waals surface area contributed by atoms with Gasteiger partial charge in [0.05, 0.1) is 5.56 Å². The number of halogens is 1. The highest BCUT2D eigenvalue weighted by atomic mass is 19.1. The molecule has 4 heteroatoms. The van der Waals surface area contributed by atoms with Crippen molar-refractivity contribution in [3.63, 3.8) is 0 Å². The van der Waals surface area contributed by atoms with Crippen LogP contribution < -0.4 is 10.1 Å². The van der Waals surface area contributed by atoms with Crippen molar-refractivity contribution in [2.75, 3.05) is 5.32 Å². The van der Waals surface area contributed by atoms with Gasteiger partial charge >= 0.3 is 0 Å². The second-order valence-corrected chi connectivity index (χ2v) is 5.74. The van der Waals surface area contributed by atoms with Crippen molar-refractivity contribution in [2.24, 2.45) is 0 Å². The maximum Gasteiger partial charge on any atom is 0.258 e. The molecule has 0 saturated heterocycles. The van der Waals surface area contributed by atoms with Crippen LogP contribution in [0.3, 0.4) is 0 Å². The lowest BCUT2D eigenvalue weighted by molar-refractivity contribution is 0.102. The molecule has 0 bridgehead atoms. The Morgan fingerprint density at radius 1 is 1.00 bits per heavy atom. The maximum absolute atomic E-state index is 13.8. The van der Waals surface area contributed by atoms with Gasteiger partial charge in [0.2, 0.25) is 0 Å². The van der Waals surface area contributed by atoms with Crippen LogP contribution in [0.15, 0.2) is 72.8 Å². The first-order chi connectivity index (χ1) is 12.1. The zero-order valence-electron chi connectivity index (χ0n) is 13.8. The lowest BCUT2D eigenvalue weighted by Gasteiger charge is -2.09. The van der Waals surface area contributed by atoms with Crippen molar-refractivity contribution >= 4 is 11.6 Å². The summed E-state index contributed by atoms with van der Waals surface area (Å²) in [6.07, 6.45) is 0. The molecule has 0 aliphatic rings. The summed E-state index contributed by atoms with van der Waals surface area (Å²) in [7, 11) is 0. The highest BCUT2D eigenvalue weighted by Gasteiger charge is 2.11. The number of carbonyl (C=O) groups is 1. The molecule has 1 amide bonds. The number of hydrogen-bond donors (Lipinski definition) is 1. The highest BCUT2D eigenvalue weighted by molar-refractivity contribution is 6.04. The number of aryl methyl sites for hydroxylation is 1. The molecule has 126 valence electrons. The zero-order valence-corrected chi connectivity index (χ0v) is 13.8. The molecule has 0 atom stereocenters. The Kier molecular flexibility index (Phi) is 5.09. The molecule has 0 heterocycles. The van der Waals surface area contributed by atoms with Gasteiger partial charge in [0.1, 0.15) is 18.2 Å². The van der Waals surface area contributed by atoms with Crippen LogP contribution in [0.5, 0.6) is 5.75 Å². The van der Waals surface area contributed by atoms with Crippen LogP contribution in [0.25, 0.3) is 0 Å². The largest absolute Gasteiger partial charge is 0.489 e. The van der Waals surface area contributed by atoms with Gasteiger partial charge in [-0.3, -0.25) is 4.79 Å². The molecule has 0 unspecified atom stereocenters. The van der Waals surface area contributed by atoms with Gasteiger partial charge in [-0.1, -0.05) is 36.4 Å². The minimum Gasteiger partial charge on any atom is -0.489 e. The highest BCUT2D eigenvalue weighted by Crippen LogP contribution is 2.18. The van der Waals surface area contributed by atoms with E-state index in [0.717, 1.165) is 11.1 Å². The Hall–Kier alpha value is -3.14. The topological polar surface area (TPSA) is 38.3 Å². The van der Waals surface area contributed by atoms with E-state index < -0.39 is 11.7 Å². The molecule has 0 radical (unpaired) electrons. The molecule has 0 fully saturated rings.